The number of rotatable bonds is 9. The van der Waals surface area contributed by atoms with Crippen LogP contribution in [0.4, 0.5) is 11.6 Å². The van der Waals surface area contributed by atoms with Crippen molar-refractivity contribution in [1.82, 2.24) is 29.3 Å². The third-order valence-corrected chi connectivity index (χ3v) is 7.69. The smallest absolute Gasteiger partial charge is 0.396 e. The summed E-state index contributed by atoms with van der Waals surface area (Å²) < 4.78 is 21.8. The molecule has 5 heterocycles. The fourth-order valence-corrected chi connectivity index (χ4v) is 5.39. The number of hydrogen-bond acceptors (Lipinski definition) is 10. The number of imidazole rings is 1. The number of nitrogens with zero attached hydrogens (tertiary/aromatic N) is 8. The Hall–Kier alpha value is -4.26. The molecular formula is C28H34N8O5. The van der Waals surface area contributed by atoms with Gasteiger partial charge in [0, 0.05) is 37.6 Å². The largest absolute Gasteiger partial charge is 0.487 e. The van der Waals surface area contributed by atoms with E-state index >= 15 is 0 Å². The fourth-order valence-electron chi connectivity index (χ4n) is 5.39. The summed E-state index contributed by atoms with van der Waals surface area (Å²) in [5.74, 6) is 1.59. The fraction of sp³-hybridized carbons (Fsp3) is 0.500. The van der Waals surface area contributed by atoms with Crippen molar-refractivity contribution in [3.05, 3.63) is 58.9 Å². The molecule has 2 fully saturated rings. The van der Waals surface area contributed by atoms with Crippen LogP contribution in [0.5, 0.6) is 11.6 Å². The lowest BCUT2D eigenvalue weighted by atomic mass is 9.93. The van der Waals surface area contributed by atoms with Gasteiger partial charge in [-0.05, 0) is 50.5 Å². The first-order chi connectivity index (χ1) is 19.9. The Balaban J connectivity index is 1.25. The van der Waals surface area contributed by atoms with Gasteiger partial charge in [-0.2, -0.15) is 9.67 Å². The van der Waals surface area contributed by atoms with E-state index in [4.69, 9.17) is 19.2 Å². The predicted octanol–water partition coefficient (Wildman–Crippen LogP) is 4.49. The van der Waals surface area contributed by atoms with Gasteiger partial charge >= 0.3 is 5.82 Å². The van der Waals surface area contributed by atoms with Crippen molar-refractivity contribution in [1.29, 1.82) is 0 Å². The molecule has 0 radical (unpaired) electrons. The lowest BCUT2D eigenvalue weighted by Crippen LogP contribution is -2.36. The predicted molar refractivity (Wildman–Crippen MR) is 150 cm³/mol. The first-order valence-electron chi connectivity index (χ1n) is 14.1. The Kier molecular flexibility index (Phi) is 7.68. The molecule has 4 aromatic rings. The van der Waals surface area contributed by atoms with Crippen molar-refractivity contribution >= 4 is 22.5 Å². The summed E-state index contributed by atoms with van der Waals surface area (Å²) in [6.45, 7) is 6.61. The van der Waals surface area contributed by atoms with Crippen LogP contribution in [0.15, 0.2) is 43.2 Å². The summed E-state index contributed by atoms with van der Waals surface area (Å²) in [6.07, 6.45) is 12.8. The minimum atomic E-state index is -0.485. The zero-order valence-electron chi connectivity index (χ0n) is 23.3. The Bertz CT molecular complexity index is 1490. The van der Waals surface area contributed by atoms with E-state index in [0.29, 0.717) is 36.4 Å². The maximum absolute atomic E-state index is 11.5. The van der Waals surface area contributed by atoms with Gasteiger partial charge in [0.25, 0.3) is 0 Å². The molecule has 0 atom stereocenters. The Morgan fingerprint density at radius 3 is 2.68 bits per heavy atom. The number of morpholine rings is 1. The Labute approximate surface area is 237 Å². The van der Waals surface area contributed by atoms with Gasteiger partial charge < -0.3 is 33.8 Å². The highest BCUT2D eigenvalue weighted by Crippen LogP contribution is 2.35. The molecule has 13 heteroatoms. The molecule has 0 N–H and O–H groups in total. The highest BCUT2D eigenvalue weighted by atomic mass is 16.6. The second kappa shape index (κ2) is 11.7. The second-order valence-electron chi connectivity index (χ2n) is 10.8. The maximum Gasteiger partial charge on any atom is 0.396 e. The lowest BCUT2D eigenvalue weighted by molar-refractivity contribution is -0.390. The summed E-state index contributed by atoms with van der Waals surface area (Å²) in [5, 5.41) is 16.4. The number of ether oxygens (including phenoxy) is 3. The first-order valence-corrected chi connectivity index (χ1v) is 14.1. The van der Waals surface area contributed by atoms with E-state index in [1.54, 1.807) is 17.1 Å². The minimum absolute atomic E-state index is 0.00811. The number of aromatic nitrogens is 6. The standard InChI is InChI=1S/C28H34N8O5/c1-19(2)35-16-20(27(32-35)36(37)38)17-40-23-13-24-25(30-15-23)14-26(33-9-11-39-12-10-33)31-28(24)41-22-5-3-21(4-6-22)34-8-7-29-18-34/h7-8,13-16,18-19,21-22H,3-6,9-12,17H2,1-2H3/t21-,22+. The summed E-state index contributed by atoms with van der Waals surface area (Å²) >= 11 is 0. The molecule has 1 saturated carbocycles. The van der Waals surface area contributed by atoms with Crippen LogP contribution < -0.4 is 14.4 Å². The number of pyridine rings is 2. The molecule has 6 rings (SSSR count). The molecule has 4 aromatic heterocycles. The van der Waals surface area contributed by atoms with Gasteiger partial charge in [-0.15, -0.1) is 0 Å². The van der Waals surface area contributed by atoms with Gasteiger partial charge in [-0.1, -0.05) is 0 Å². The van der Waals surface area contributed by atoms with Crippen molar-refractivity contribution < 1.29 is 19.1 Å². The quantitative estimate of drug-likeness (QED) is 0.212. The van der Waals surface area contributed by atoms with Gasteiger partial charge in [0.05, 0.1) is 54.0 Å². The highest BCUT2D eigenvalue weighted by molar-refractivity contribution is 5.87. The van der Waals surface area contributed by atoms with Crippen molar-refractivity contribution in [2.75, 3.05) is 31.2 Å². The van der Waals surface area contributed by atoms with E-state index in [1.165, 1.54) is 0 Å². The van der Waals surface area contributed by atoms with Crippen molar-refractivity contribution in [3.63, 3.8) is 0 Å². The molecule has 0 unspecified atom stereocenters. The molecule has 1 saturated heterocycles. The Morgan fingerprint density at radius 2 is 1.98 bits per heavy atom. The zero-order valence-corrected chi connectivity index (χ0v) is 23.3. The monoisotopic (exact) mass is 562 g/mol. The van der Waals surface area contributed by atoms with E-state index in [2.05, 4.69) is 24.5 Å². The van der Waals surface area contributed by atoms with E-state index in [9.17, 15) is 10.1 Å². The van der Waals surface area contributed by atoms with Crippen molar-refractivity contribution in [3.8, 4) is 11.6 Å². The summed E-state index contributed by atoms with van der Waals surface area (Å²) in [7, 11) is 0. The topological polar surface area (TPSA) is 135 Å². The molecule has 1 aliphatic carbocycles. The van der Waals surface area contributed by atoms with E-state index in [1.807, 2.05) is 44.7 Å². The average molecular weight is 563 g/mol. The summed E-state index contributed by atoms with van der Waals surface area (Å²) in [6, 6.07) is 4.23. The normalized spacial score (nSPS) is 19.5. The van der Waals surface area contributed by atoms with Crippen LogP contribution in [0.2, 0.25) is 0 Å². The van der Waals surface area contributed by atoms with Crippen LogP contribution in [0.25, 0.3) is 10.9 Å². The maximum atomic E-state index is 11.5. The highest BCUT2D eigenvalue weighted by Gasteiger charge is 2.26. The molecule has 41 heavy (non-hydrogen) atoms. The molecule has 0 bridgehead atoms. The number of nitro groups is 1. The molecule has 2 aliphatic rings. The molecule has 13 nitrogen and oxygen atoms in total. The molecular weight excluding hydrogens is 528 g/mol. The minimum Gasteiger partial charge on any atom is -0.487 e. The number of anilines is 1. The van der Waals surface area contributed by atoms with Crippen molar-refractivity contribution in [2.45, 2.75) is 64.3 Å². The van der Waals surface area contributed by atoms with Gasteiger partial charge in [0.1, 0.15) is 29.8 Å². The molecule has 216 valence electrons. The molecule has 1 aliphatic heterocycles. The number of hydrogen-bond donors (Lipinski definition) is 0. The third kappa shape index (κ3) is 5.94. The Morgan fingerprint density at radius 1 is 1.17 bits per heavy atom. The summed E-state index contributed by atoms with van der Waals surface area (Å²) in [5.41, 5.74) is 1.14. The zero-order chi connectivity index (χ0) is 28.3. The second-order valence-corrected chi connectivity index (χ2v) is 10.8. The van der Waals surface area contributed by atoms with Crippen LogP contribution in [0, 0.1) is 10.1 Å². The summed E-state index contributed by atoms with van der Waals surface area (Å²) in [4.78, 5) is 27.0. The van der Waals surface area contributed by atoms with Gasteiger partial charge in [0.2, 0.25) is 5.88 Å². The SMILES string of the molecule is CC(C)n1cc(COc2cnc3cc(N4CCOCC4)nc(O[C@H]4CC[C@@H](n5ccnc5)CC4)c3c2)c([N+](=O)[O-])n1. The van der Waals surface area contributed by atoms with Crippen LogP contribution in [-0.4, -0.2) is 66.6 Å². The third-order valence-electron chi connectivity index (χ3n) is 7.69. The molecule has 0 spiro atoms. The molecule has 0 aromatic carbocycles. The number of fused-ring (bicyclic) bond motifs is 1. The van der Waals surface area contributed by atoms with Gasteiger partial charge in [-0.3, -0.25) is 4.98 Å². The van der Waals surface area contributed by atoms with Crippen LogP contribution in [0.1, 0.15) is 57.2 Å². The molecule has 0 amide bonds. The van der Waals surface area contributed by atoms with Gasteiger partial charge in [-0.25, -0.2) is 4.98 Å². The van der Waals surface area contributed by atoms with Crippen LogP contribution in [0.3, 0.4) is 0 Å². The average Bonchev–Trinajstić information content (AvgIpc) is 3.68. The van der Waals surface area contributed by atoms with Gasteiger partial charge in [0.15, 0.2) is 0 Å². The van der Waals surface area contributed by atoms with Crippen molar-refractivity contribution in [2.24, 2.45) is 0 Å². The van der Waals surface area contributed by atoms with Crippen LogP contribution >= 0.6 is 0 Å². The first kappa shape index (κ1) is 26.9. The van der Waals surface area contributed by atoms with E-state index in [0.717, 1.165) is 55.5 Å². The van der Waals surface area contributed by atoms with E-state index < -0.39 is 4.92 Å². The van der Waals surface area contributed by atoms with Crippen LogP contribution in [-0.2, 0) is 11.3 Å². The lowest BCUT2D eigenvalue weighted by Gasteiger charge is -2.31. The van der Waals surface area contributed by atoms with E-state index in [-0.39, 0.29) is 24.6 Å².